The van der Waals surface area contributed by atoms with Crippen molar-refractivity contribution in [2.75, 3.05) is 18.9 Å². The highest BCUT2D eigenvalue weighted by Gasteiger charge is 2.22. The predicted octanol–water partition coefficient (Wildman–Crippen LogP) is 2.60. The third-order valence-corrected chi connectivity index (χ3v) is 4.90. The van der Waals surface area contributed by atoms with Gasteiger partial charge in [-0.2, -0.15) is 4.98 Å². The summed E-state index contributed by atoms with van der Waals surface area (Å²) in [6.07, 6.45) is 1.22. The molecular weight excluding hydrogens is 353 g/mol. The van der Waals surface area contributed by atoms with Gasteiger partial charge in [0.05, 0.1) is 30.5 Å². The van der Waals surface area contributed by atoms with Crippen LogP contribution in [0.3, 0.4) is 0 Å². The zero-order valence-corrected chi connectivity index (χ0v) is 13.8. The Morgan fingerprint density at radius 3 is 2.55 bits per heavy atom. The Kier molecular flexibility index (Phi) is 4.94. The molecule has 10 heteroatoms. The number of nitrogens with one attached hydrogen (secondary N) is 1. The molecule has 0 fully saturated rings. The largest absolute Gasteiger partial charge is 0.479 e. The third kappa shape index (κ3) is 3.34. The highest BCUT2D eigenvalue weighted by Crippen LogP contribution is 2.31. The van der Waals surface area contributed by atoms with E-state index in [-0.39, 0.29) is 32.5 Å². The van der Waals surface area contributed by atoms with Crippen molar-refractivity contribution >= 4 is 38.9 Å². The average Bonchev–Trinajstić information content (AvgIpc) is 2.49. The summed E-state index contributed by atoms with van der Waals surface area (Å²) in [4.78, 5) is 7.54. The van der Waals surface area contributed by atoms with E-state index in [0.717, 1.165) is 0 Å². The molecule has 0 spiro atoms. The molecule has 0 amide bonds. The maximum Gasteiger partial charge on any atom is 0.319 e. The lowest BCUT2D eigenvalue weighted by atomic mass is 10.4. The molecule has 0 unspecified atom stereocenters. The summed E-state index contributed by atoms with van der Waals surface area (Å²) < 4.78 is 36.9. The van der Waals surface area contributed by atoms with Crippen molar-refractivity contribution < 1.29 is 17.9 Å². The lowest BCUT2D eigenvalue weighted by Gasteiger charge is -2.12. The molecule has 118 valence electrons. The first kappa shape index (κ1) is 16.6. The highest BCUT2D eigenvalue weighted by molar-refractivity contribution is 7.92. The van der Waals surface area contributed by atoms with E-state index in [1.54, 1.807) is 0 Å². The molecule has 0 saturated carbocycles. The summed E-state index contributed by atoms with van der Waals surface area (Å²) in [6, 6.07) is 4.33. The number of benzene rings is 1. The van der Waals surface area contributed by atoms with Gasteiger partial charge in [-0.1, -0.05) is 29.3 Å². The molecule has 0 saturated heterocycles. The minimum absolute atomic E-state index is 0.00794. The maximum atomic E-state index is 12.4. The zero-order valence-electron chi connectivity index (χ0n) is 11.5. The zero-order chi connectivity index (χ0) is 16.3. The molecule has 22 heavy (non-hydrogen) atoms. The van der Waals surface area contributed by atoms with Crippen LogP contribution in [0.15, 0.2) is 29.3 Å². The van der Waals surface area contributed by atoms with Crippen molar-refractivity contribution in [3.05, 3.63) is 34.4 Å². The monoisotopic (exact) mass is 363 g/mol. The van der Waals surface area contributed by atoms with E-state index in [2.05, 4.69) is 14.7 Å². The van der Waals surface area contributed by atoms with Crippen LogP contribution in [0.2, 0.25) is 10.0 Å². The van der Waals surface area contributed by atoms with Crippen LogP contribution in [0.4, 0.5) is 5.69 Å². The van der Waals surface area contributed by atoms with Crippen molar-refractivity contribution in [3.8, 4) is 11.9 Å². The maximum absolute atomic E-state index is 12.4. The smallest absolute Gasteiger partial charge is 0.319 e. The lowest BCUT2D eigenvalue weighted by molar-refractivity contribution is 0.353. The van der Waals surface area contributed by atoms with Gasteiger partial charge in [0.15, 0.2) is 0 Å². The number of sulfonamides is 1. The van der Waals surface area contributed by atoms with Gasteiger partial charge in [0.2, 0.25) is 5.88 Å². The summed E-state index contributed by atoms with van der Waals surface area (Å²) in [6.45, 7) is 0. The molecule has 2 rings (SSSR count). The van der Waals surface area contributed by atoms with Crippen molar-refractivity contribution in [2.24, 2.45) is 0 Å². The number of ether oxygens (including phenoxy) is 2. The van der Waals surface area contributed by atoms with Gasteiger partial charge < -0.3 is 9.47 Å². The number of anilines is 1. The Morgan fingerprint density at radius 1 is 1.18 bits per heavy atom. The van der Waals surface area contributed by atoms with Gasteiger partial charge in [-0.3, -0.25) is 4.72 Å². The molecule has 1 N–H and O–H groups in total. The summed E-state index contributed by atoms with van der Waals surface area (Å²) in [5.74, 6) is 0.00794. The molecule has 0 aliphatic rings. The lowest BCUT2D eigenvalue weighted by Crippen LogP contribution is -2.15. The number of hydrogen-bond acceptors (Lipinski definition) is 6. The number of halogens is 2. The van der Waals surface area contributed by atoms with Crippen LogP contribution in [0.25, 0.3) is 0 Å². The summed E-state index contributed by atoms with van der Waals surface area (Å²) >= 11 is 11.8. The van der Waals surface area contributed by atoms with Crippen molar-refractivity contribution in [1.29, 1.82) is 0 Å². The summed E-state index contributed by atoms with van der Waals surface area (Å²) in [5, 5.41) is 0.0487. The minimum Gasteiger partial charge on any atom is -0.479 e. The molecule has 1 heterocycles. The second-order valence-electron chi connectivity index (χ2n) is 3.94. The standard InChI is InChI=1S/C12H11Cl2N3O4S/c1-20-11-8(6-15-12(16-11)21-2)17-22(18,19)9-5-3-4-7(13)10(9)14/h3-6,17H,1-2H3. The summed E-state index contributed by atoms with van der Waals surface area (Å²) in [5.41, 5.74) is 0.0411. The number of hydrogen-bond donors (Lipinski definition) is 1. The summed E-state index contributed by atoms with van der Waals surface area (Å²) in [7, 11) is -1.27. The van der Waals surface area contributed by atoms with E-state index in [4.69, 9.17) is 32.7 Å². The molecule has 0 aliphatic carbocycles. The molecule has 2 aromatic rings. The van der Waals surface area contributed by atoms with Gasteiger partial charge in [-0.25, -0.2) is 13.4 Å². The first-order chi connectivity index (χ1) is 10.4. The quantitative estimate of drug-likeness (QED) is 0.877. The molecule has 0 aliphatic heterocycles. The Bertz CT molecular complexity index is 799. The van der Waals surface area contributed by atoms with Crippen LogP contribution < -0.4 is 14.2 Å². The Labute approximate surface area is 137 Å². The van der Waals surface area contributed by atoms with E-state index in [1.165, 1.54) is 38.6 Å². The topological polar surface area (TPSA) is 90.4 Å². The minimum atomic E-state index is -3.99. The van der Waals surface area contributed by atoms with E-state index in [0.29, 0.717) is 0 Å². The Hall–Kier alpha value is -1.77. The SMILES string of the molecule is COc1ncc(NS(=O)(=O)c2cccc(Cl)c2Cl)c(OC)n1. The van der Waals surface area contributed by atoms with Gasteiger partial charge in [0.1, 0.15) is 10.6 Å². The number of aromatic nitrogens is 2. The molecule has 0 atom stereocenters. The van der Waals surface area contributed by atoms with Gasteiger partial charge >= 0.3 is 6.01 Å². The fraction of sp³-hybridized carbons (Fsp3) is 0.167. The molecule has 0 bridgehead atoms. The van der Waals surface area contributed by atoms with Crippen molar-refractivity contribution in [1.82, 2.24) is 9.97 Å². The molecule has 0 radical (unpaired) electrons. The molecule has 1 aromatic carbocycles. The Morgan fingerprint density at radius 2 is 1.91 bits per heavy atom. The third-order valence-electron chi connectivity index (χ3n) is 2.56. The van der Waals surface area contributed by atoms with Gasteiger partial charge in [-0.15, -0.1) is 0 Å². The number of nitrogens with zero attached hydrogens (tertiary/aromatic N) is 2. The van der Waals surface area contributed by atoms with E-state index < -0.39 is 10.0 Å². The first-order valence-electron chi connectivity index (χ1n) is 5.81. The van der Waals surface area contributed by atoms with Crippen LogP contribution in [0.5, 0.6) is 11.9 Å². The van der Waals surface area contributed by atoms with Crippen LogP contribution in [0, 0.1) is 0 Å². The molecule has 7 nitrogen and oxygen atoms in total. The fourth-order valence-electron chi connectivity index (χ4n) is 1.57. The van der Waals surface area contributed by atoms with Gasteiger partial charge in [0.25, 0.3) is 10.0 Å². The molecule has 1 aromatic heterocycles. The second kappa shape index (κ2) is 6.55. The predicted molar refractivity (Wildman–Crippen MR) is 82.4 cm³/mol. The van der Waals surface area contributed by atoms with Gasteiger partial charge in [0, 0.05) is 0 Å². The van der Waals surface area contributed by atoms with E-state index in [1.807, 2.05) is 0 Å². The van der Waals surface area contributed by atoms with E-state index in [9.17, 15) is 8.42 Å². The van der Waals surface area contributed by atoms with Crippen LogP contribution in [-0.4, -0.2) is 32.6 Å². The normalized spacial score (nSPS) is 11.1. The van der Waals surface area contributed by atoms with Crippen LogP contribution >= 0.6 is 23.2 Å². The van der Waals surface area contributed by atoms with Crippen LogP contribution in [0.1, 0.15) is 0 Å². The van der Waals surface area contributed by atoms with Crippen molar-refractivity contribution in [2.45, 2.75) is 4.90 Å². The average molecular weight is 364 g/mol. The Balaban J connectivity index is 2.43. The second-order valence-corrected chi connectivity index (χ2v) is 6.37. The van der Waals surface area contributed by atoms with Gasteiger partial charge in [-0.05, 0) is 12.1 Å². The van der Waals surface area contributed by atoms with Crippen molar-refractivity contribution in [3.63, 3.8) is 0 Å². The highest BCUT2D eigenvalue weighted by atomic mass is 35.5. The number of rotatable bonds is 5. The van der Waals surface area contributed by atoms with Crippen LogP contribution in [-0.2, 0) is 10.0 Å². The number of methoxy groups -OCH3 is 2. The fourth-order valence-corrected chi connectivity index (χ4v) is 3.37. The first-order valence-corrected chi connectivity index (χ1v) is 8.05. The van der Waals surface area contributed by atoms with E-state index >= 15 is 0 Å². The molecular formula is C12H11Cl2N3O4S.